The van der Waals surface area contributed by atoms with Crippen molar-refractivity contribution in [3.63, 3.8) is 0 Å². The maximum Gasteiger partial charge on any atom is 0.358 e. The summed E-state index contributed by atoms with van der Waals surface area (Å²) in [5.41, 5.74) is 0.199. The molecule has 1 fully saturated rings. The molecule has 0 bridgehead atoms. The molecule has 0 spiro atoms. The second-order valence-corrected chi connectivity index (χ2v) is 3.41. The van der Waals surface area contributed by atoms with E-state index >= 15 is 0 Å². The zero-order valence-corrected chi connectivity index (χ0v) is 8.44. The first-order valence-electron chi connectivity index (χ1n) is 4.52. The highest BCUT2D eigenvalue weighted by Gasteiger charge is 2.41. The van der Waals surface area contributed by atoms with Crippen molar-refractivity contribution in [2.24, 2.45) is 0 Å². The van der Waals surface area contributed by atoms with Gasteiger partial charge in [-0.3, -0.25) is 0 Å². The maximum absolute atomic E-state index is 10.9. The molecule has 0 atom stereocenters. The third kappa shape index (κ3) is 1.51. The van der Waals surface area contributed by atoms with Crippen molar-refractivity contribution in [1.29, 1.82) is 0 Å². The van der Waals surface area contributed by atoms with Crippen LogP contribution in [0.3, 0.4) is 0 Å². The topological polar surface area (TPSA) is 81.8 Å². The minimum atomic E-state index is -1.15. The number of carbonyl (C=O) groups is 1. The second kappa shape index (κ2) is 3.32. The molecule has 6 heteroatoms. The fourth-order valence-electron chi connectivity index (χ4n) is 1.71. The molecular weight excluding hydrogens is 202 g/mol. The zero-order valence-electron chi connectivity index (χ0n) is 8.44. The Morgan fingerprint density at radius 2 is 2.07 bits per heavy atom. The summed E-state index contributed by atoms with van der Waals surface area (Å²) in [5.74, 6) is -1.81. The molecule has 82 valence electrons. The van der Waals surface area contributed by atoms with Gasteiger partial charge in [0, 0.05) is 0 Å². The number of aromatic carboxylic acids is 1. The predicted molar refractivity (Wildman–Crippen MR) is 47.5 cm³/mol. The van der Waals surface area contributed by atoms with Gasteiger partial charge in [0.25, 0.3) is 0 Å². The Morgan fingerprint density at radius 3 is 2.60 bits per heavy atom. The minimum absolute atomic E-state index is 0.156. The van der Waals surface area contributed by atoms with Crippen molar-refractivity contribution >= 4 is 5.97 Å². The fourth-order valence-corrected chi connectivity index (χ4v) is 1.71. The van der Waals surface area contributed by atoms with E-state index < -0.39 is 11.8 Å². The lowest BCUT2D eigenvalue weighted by Crippen LogP contribution is -2.25. The van der Waals surface area contributed by atoms with Gasteiger partial charge in [-0.15, -0.1) is 0 Å². The highest BCUT2D eigenvalue weighted by molar-refractivity contribution is 5.87. The summed E-state index contributed by atoms with van der Waals surface area (Å²) in [4.78, 5) is 10.9. The Bertz CT molecular complexity index is 391. The Balaban J connectivity index is 2.50. The predicted octanol–water partition coefficient (Wildman–Crippen LogP) is 0.901. The standard InChI is InChI=1S/C9H11NO5/c1-5-6(7(8(11)12)10-15-5)9(2)13-3-4-14-9/h3-4H2,1-2H3,(H,11,12). The Labute approximate surface area is 85.8 Å². The van der Waals surface area contributed by atoms with Gasteiger partial charge in [-0.1, -0.05) is 5.16 Å². The van der Waals surface area contributed by atoms with Crippen LogP contribution < -0.4 is 0 Å². The van der Waals surface area contributed by atoms with Crippen LogP contribution in [-0.2, 0) is 15.3 Å². The van der Waals surface area contributed by atoms with Gasteiger partial charge in [0.05, 0.1) is 18.8 Å². The summed E-state index contributed by atoms with van der Waals surface area (Å²) < 4.78 is 15.6. The van der Waals surface area contributed by atoms with E-state index in [0.717, 1.165) is 0 Å². The number of ether oxygens (including phenoxy) is 2. The normalized spacial score (nSPS) is 19.3. The quantitative estimate of drug-likeness (QED) is 0.785. The van der Waals surface area contributed by atoms with Gasteiger partial charge in [-0.2, -0.15) is 0 Å². The average molecular weight is 213 g/mol. The van der Waals surface area contributed by atoms with Crippen LogP contribution in [0.1, 0.15) is 28.7 Å². The molecule has 1 N–H and O–H groups in total. The van der Waals surface area contributed by atoms with Crippen LogP contribution >= 0.6 is 0 Å². The van der Waals surface area contributed by atoms with Crippen LogP contribution in [0.2, 0.25) is 0 Å². The van der Waals surface area contributed by atoms with E-state index in [1.807, 2.05) is 0 Å². The van der Waals surface area contributed by atoms with E-state index in [0.29, 0.717) is 24.5 Å². The van der Waals surface area contributed by atoms with E-state index in [1.54, 1.807) is 13.8 Å². The summed E-state index contributed by atoms with van der Waals surface area (Å²) in [7, 11) is 0. The van der Waals surface area contributed by atoms with Crippen molar-refractivity contribution in [3.8, 4) is 0 Å². The van der Waals surface area contributed by atoms with Crippen molar-refractivity contribution in [2.75, 3.05) is 13.2 Å². The van der Waals surface area contributed by atoms with Crippen LogP contribution in [0.4, 0.5) is 0 Å². The smallest absolute Gasteiger partial charge is 0.358 e. The van der Waals surface area contributed by atoms with Crippen LogP contribution in [0.15, 0.2) is 4.52 Å². The van der Waals surface area contributed by atoms with Crippen LogP contribution in [0, 0.1) is 6.92 Å². The summed E-state index contributed by atoms with van der Waals surface area (Å²) in [6, 6.07) is 0. The number of aryl methyl sites for hydroxylation is 1. The minimum Gasteiger partial charge on any atom is -0.476 e. The van der Waals surface area contributed by atoms with Gasteiger partial charge in [0.1, 0.15) is 5.76 Å². The highest BCUT2D eigenvalue weighted by atomic mass is 16.7. The molecule has 15 heavy (non-hydrogen) atoms. The molecule has 0 aliphatic carbocycles. The van der Waals surface area contributed by atoms with Gasteiger partial charge < -0.3 is 19.1 Å². The van der Waals surface area contributed by atoms with Crippen molar-refractivity contribution in [3.05, 3.63) is 17.0 Å². The third-order valence-corrected chi connectivity index (χ3v) is 2.36. The van der Waals surface area contributed by atoms with Gasteiger partial charge in [0.15, 0.2) is 11.5 Å². The van der Waals surface area contributed by atoms with Crippen molar-refractivity contribution in [2.45, 2.75) is 19.6 Å². The Kier molecular flexibility index (Phi) is 2.24. The first-order chi connectivity index (χ1) is 7.04. The lowest BCUT2D eigenvalue weighted by Gasteiger charge is -2.21. The first-order valence-corrected chi connectivity index (χ1v) is 4.52. The highest BCUT2D eigenvalue weighted by Crippen LogP contribution is 2.35. The number of carboxylic acids is 1. The third-order valence-electron chi connectivity index (χ3n) is 2.36. The summed E-state index contributed by atoms with van der Waals surface area (Å²) in [6.45, 7) is 4.15. The zero-order chi connectivity index (χ0) is 11.1. The molecule has 2 rings (SSSR count). The molecule has 0 radical (unpaired) electrons. The molecule has 1 aliphatic heterocycles. The number of nitrogens with zero attached hydrogens (tertiary/aromatic N) is 1. The lowest BCUT2D eigenvalue weighted by molar-refractivity contribution is -0.150. The Hall–Kier alpha value is -1.40. The lowest BCUT2D eigenvalue weighted by atomic mass is 10.1. The number of hydrogen-bond donors (Lipinski definition) is 1. The second-order valence-electron chi connectivity index (χ2n) is 3.41. The van der Waals surface area contributed by atoms with Gasteiger partial charge in [-0.05, 0) is 13.8 Å². The van der Waals surface area contributed by atoms with E-state index in [2.05, 4.69) is 5.16 Å². The molecule has 1 saturated heterocycles. The molecule has 1 aromatic heterocycles. The first kappa shape index (κ1) is 10.1. The van der Waals surface area contributed by atoms with Crippen molar-refractivity contribution < 1.29 is 23.9 Å². The number of carboxylic acid groups (broad SMARTS) is 1. The molecular formula is C9H11NO5. The van der Waals surface area contributed by atoms with Gasteiger partial charge in [-0.25, -0.2) is 4.79 Å². The van der Waals surface area contributed by atoms with Gasteiger partial charge in [0.2, 0.25) is 0 Å². The molecule has 6 nitrogen and oxygen atoms in total. The summed E-state index contributed by atoms with van der Waals surface area (Å²) in [5, 5.41) is 12.4. The average Bonchev–Trinajstić information content (AvgIpc) is 2.72. The molecule has 0 unspecified atom stereocenters. The number of hydrogen-bond acceptors (Lipinski definition) is 5. The van der Waals surface area contributed by atoms with E-state index in [1.165, 1.54) is 0 Å². The molecule has 1 aromatic rings. The van der Waals surface area contributed by atoms with E-state index in [4.69, 9.17) is 19.1 Å². The van der Waals surface area contributed by atoms with Crippen LogP contribution in [-0.4, -0.2) is 29.4 Å². The Morgan fingerprint density at radius 1 is 1.47 bits per heavy atom. The van der Waals surface area contributed by atoms with Crippen LogP contribution in [0.25, 0.3) is 0 Å². The van der Waals surface area contributed by atoms with Crippen molar-refractivity contribution in [1.82, 2.24) is 5.16 Å². The molecule has 0 amide bonds. The summed E-state index contributed by atoms with van der Waals surface area (Å²) >= 11 is 0. The summed E-state index contributed by atoms with van der Waals surface area (Å²) in [6.07, 6.45) is 0. The number of rotatable bonds is 2. The van der Waals surface area contributed by atoms with Gasteiger partial charge >= 0.3 is 5.97 Å². The molecule has 2 heterocycles. The molecule has 0 aromatic carbocycles. The number of aromatic nitrogens is 1. The molecule has 0 saturated carbocycles. The SMILES string of the molecule is Cc1onc(C(=O)O)c1C1(C)OCCO1. The van der Waals surface area contributed by atoms with E-state index in [-0.39, 0.29) is 5.69 Å². The monoisotopic (exact) mass is 213 g/mol. The van der Waals surface area contributed by atoms with E-state index in [9.17, 15) is 4.79 Å². The largest absolute Gasteiger partial charge is 0.476 e. The molecule has 1 aliphatic rings. The fraction of sp³-hybridized carbons (Fsp3) is 0.556. The maximum atomic E-state index is 10.9. The van der Waals surface area contributed by atoms with Crippen LogP contribution in [0.5, 0.6) is 0 Å².